The molecule has 2 heterocycles. The van der Waals surface area contributed by atoms with Crippen LogP contribution in [0.25, 0.3) is 0 Å². The van der Waals surface area contributed by atoms with E-state index in [9.17, 15) is 10.1 Å². The van der Waals surface area contributed by atoms with Gasteiger partial charge in [0.25, 0.3) is 0 Å². The molecule has 0 unspecified atom stereocenters. The van der Waals surface area contributed by atoms with E-state index >= 15 is 0 Å². The third-order valence-corrected chi connectivity index (χ3v) is 4.91. The first-order valence-corrected chi connectivity index (χ1v) is 8.75. The van der Waals surface area contributed by atoms with Crippen molar-refractivity contribution in [1.29, 1.82) is 5.26 Å². The van der Waals surface area contributed by atoms with Crippen molar-refractivity contribution in [2.75, 3.05) is 13.2 Å². The zero-order valence-corrected chi connectivity index (χ0v) is 14.2. The summed E-state index contributed by atoms with van der Waals surface area (Å²) in [6, 6.07) is 9.05. The standard InChI is InChI=1S/C18H18N2O3S/c1-12-11-24-18(20-12)16(10-19)17(21)13-2-4-14(5-3-13)23-15-6-8-22-9-7-15/h2-5,11,15-16H,6-9H2,1H3/t16-/m0/s1. The van der Waals surface area contributed by atoms with Crippen molar-refractivity contribution in [2.45, 2.75) is 31.8 Å². The Labute approximate surface area is 144 Å². The highest BCUT2D eigenvalue weighted by atomic mass is 32.1. The molecular formula is C18H18N2O3S. The van der Waals surface area contributed by atoms with E-state index in [1.165, 1.54) is 11.3 Å². The minimum atomic E-state index is -0.856. The zero-order valence-electron chi connectivity index (χ0n) is 13.4. The number of ketones is 1. The zero-order chi connectivity index (χ0) is 16.9. The molecule has 24 heavy (non-hydrogen) atoms. The van der Waals surface area contributed by atoms with Gasteiger partial charge < -0.3 is 9.47 Å². The first-order valence-electron chi connectivity index (χ1n) is 7.87. The predicted molar refractivity (Wildman–Crippen MR) is 90.4 cm³/mol. The molecule has 2 aromatic rings. The summed E-state index contributed by atoms with van der Waals surface area (Å²) in [4.78, 5) is 16.8. The van der Waals surface area contributed by atoms with E-state index in [-0.39, 0.29) is 11.9 Å². The van der Waals surface area contributed by atoms with E-state index in [1.807, 2.05) is 12.3 Å². The van der Waals surface area contributed by atoms with Gasteiger partial charge in [-0.05, 0) is 31.2 Å². The number of benzene rings is 1. The molecule has 0 N–H and O–H groups in total. The summed E-state index contributed by atoms with van der Waals surface area (Å²) >= 11 is 1.34. The van der Waals surface area contributed by atoms with Gasteiger partial charge in [-0.25, -0.2) is 4.98 Å². The number of aromatic nitrogens is 1. The monoisotopic (exact) mass is 342 g/mol. The van der Waals surface area contributed by atoms with E-state index in [2.05, 4.69) is 11.1 Å². The molecule has 5 nitrogen and oxygen atoms in total. The normalized spacial score (nSPS) is 16.3. The van der Waals surface area contributed by atoms with Crippen molar-refractivity contribution in [3.05, 3.63) is 45.9 Å². The minimum absolute atomic E-state index is 0.158. The highest BCUT2D eigenvalue weighted by molar-refractivity contribution is 7.10. The fourth-order valence-corrected chi connectivity index (χ4v) is 3.42. The number of rotatable bonds is 5. The maximum Gasteiger partial charge on any atom is 0.186 e. The molecule has 1 aromatic heterocycles. The van der Waals surface area contributed by atoms with E-state index in [0.717, 1.165) is 37.5 Å². The summed E-state index contributed by atoms with van der Waals surface area (Å²) in [5, 5.41) is 11.7. The van der Waals surface area contributed by atoms with Crippen molar-refractivity contribution in [1.82, 2.24) is 4.98 Å². The molecule has 0 aliphatic carbocycles. The number of ether oxygens (including phenoxy) is 2. The molecule has 1 fully saturated rings. The number of Topliss-reactive ketones (excluding diaryl/α,β-unsaturated/α-hetero) is 1. The number of hydrogen-bond donors (Lipinski definition) is 0. The first-order chi connectivity index (χ1) is 11.7. The summed E-state index contributed by atoms with van der Waals surface area (Å²) in [5.74, 6) is -0.354. The van der Waals surface area contributed by atoms with E-state index in [1.54, 1.807) is 24.3 Å². The number of hydrogen-bond acceptors (Lipinski definition) is 6. The molecule has 0 saturated carbocycles. The summed E-state index contributed by atoms with van der Waals surface area (Å²) in [7, 11) is 0. The molecule has 1 atom stereocenters. The fraction of sp³-hybridized carbons (Fsp3) is 0.389. The Hall–Kier alpha value is -2.23. The summed E-state index contributed by atoms with van der Waals surface area (Å²) < 4.78 is 11.2. The quantitative estimate of drug-likeness (QED) is 0.778. The highest BCUT2D eigenvalue weighted by Gasteiger charge is 2.24. The lowest BCUT2D eigenvalue weighted by Gasteiger charge is -2.23. The molecule has 1 aliphatic heterocycles. The Bertz CT molecular complexity index is 742. The summed E-state index contributed by atoms with van der Waals surface area (Å²) in [6.45, 7) is 3.29. The summed E-state index contributed by atoms with van der Waals surface area (Å²) in [6.07, 6.45) is 1.91. The lowest BCUT2D eigenvalue weighted by Crippen LogP contribution is -2.25. The van der Waals surface area contributed by atoms with Crippen molar-refractivity contribution in [3.63, 3.8) is 0 Å². The number of carbonyl (C=O) groups excluding carboxylic acids is 1. The Morgan fingerprint density at radius 2 is 2.08 bits per heavy atom. The van der Waals surface area contributed by atoms with Crippen LogP contribution in [-0.2, 0) is 4.74 Å². The second-order valence-corrected chi connectivity index (χ2v) is 6.60. The van der Waals surface area contributed by atoms with Crippen molar-refractivity contribution >= 4 is 17.1 Å². The van der Waals surface area contributed by atoms with Gasteiger partial charge in [0.2, 0.25) is 0 Å². The van der Waals surface area contributed by atoms with Crippen molar-refractivity contribution < 1.29 is 14.3 Å². The maximum absolute atomic E-state index is 12.6. The Morgan fingerprint density at radius 1 is 1.38 bits per heavy atom. The van der Waals surface area contributed by atoms with Gasteiger partial charge in [-0.1, -0.05) is 0 Å². The molecule has 0 spiro atoms. The molecule has 0 amide bonds. The van der Waals surface area contributed by atoms with Crippen molar-refractivity contribution in [3.8, 4) is 11.8 Å². The number of aryl methyl sites for hydroxylation is 1. The molecule has 6 heteroatoms. The van der Waals surface area contributed by atoms with Crippen LogP contribution in [-0.4, -0.2) is 30.1 Å². The molecule has 3 rings (SSSR count). The molecule has 1 aliphatic rings. The third-order valence-electron chi connectivity index (χ3n) is 3.88. The predicted octanol–water partition coefficient (Wildman–Crippen LogP) is 3.50. The van der Waals surface area contributed by atoms with Gasteiger partial charge in [-0.15, -0.1) is 11.3 Å². The van der Waals surface area contributed by atoms with Crippen LogP contribution in [0.1, 0.15) is 39.8 Å². The van der Waals surface area contributed by atoms with Gasteiger partial charge >= 0.3 is 0 Å². The lowest BCUT2D eigenvalue weighted by atomic mass is 9.99. The van der Waals surface area contributed by atoms with Crippen LogP contribution in [0.3, 0.4) is 0 Å². The smallest absolute Gasteiger partial charge is 0.186 e. The molecule has 124 valence electrons. The fourth-order valence-electron chi connectivity index (χ4n) is 2.58. The summed E-state index contributed by atoms with van der Waals surface area (Å²) in [5.41, 5.74) is 1.32. The molecular weight excluding hydrogens is 324 g/mol. The molecule has 1 saturated heterocycles. The number of thiazole rings is 1. The average molecular weight is 342 g/mol. The topological polar surface area (TPSA) is 72.2 Å². The average Bonchev–Trinajstić information content (AvgIpc) is 3.03. The Balaban J connectivity index is 1.70. The number of carbonyl (C=O) groups is 1. The van der Waals surface area contributed by atoms with Gasteiger partial charge in [0.15, 0.2) is 11.7 Å². The van der Waals surface area contributed by atoms with Crippen LogP contribution >= 0.6 is 11.3 Å². The Kier molecular flexibility index (Phi) is 5.24. The largest absolute Gasteiger partial charge is 0.490 e. The number of nitriles is 1. The van der Waals surface area contributed by atoms with Crippen LogP contribution in [0.4, 0.5) is 0 Å². The highest BCUT2D eigenvalue weighted by Crippen LogP contribution is 2.25. The van der Waals surface area contributed by atoms with E-state index in [0.29, 0.717) is 10.6 Å². The van der Waals surface area contributed by atoms with Crippen molar-refractivity contribution in [2.24, 2.45) is 0 Å². The first kappa shape index (κ1) is 16.6. The molecule has 0 bridgehead atoms. The van der Waals surface area contributed by atoms with Gasteiger partial charge in [0, 0.05) is 29.5 Å². The lowest BCUT2D eigenvalue weighted by molar-refractivity contribution is 0.0256. The third kappa shape index (κ3) is 3.81. The van der Waals surface area contributed by atoms with Crippen LogP contribution in [0, 0.1) is 18.3 Å². The SMILES string of the molecule is Cc1csc([C@@H](C#N)C(=O)c2ccc(OC3CCOCC3)cc2)n1. The number of nitrogens with zero attached hydrogens (tertiary/aromatic N) is 2. The van der Waals surface area contributed by atoms with Gasteiger partial charge in [0.1, 0.15) is 16.9 Å². The van der Waals surface area contributed by atoms with Gasteiger partial charge in [-0.3, -0.25) is 4.79 Å². The Morgan fingerprint density at radius 3 is 2.67 bits per heavy atom. The van der Waals surface area contributed by atoms with Gasteiger partial charge in [-0.2, -0.15) is 5.26 Å². The minimum Gasteiger partial charge on any atom is -0.490 e. The van der Waals surface area contributed by atoms with Crippen LogP contribution < -0.4 is 4.74 Å². The van der Waals surface area contributed by atoms with Gasteiger partial charge in [0.05, 0.1) is 19.3 Å². The van der Waals surface area contributed by atoms with E-state index in [4.69, 9.17) is 9.47 Å². The maximum atomic E-state index is 12.6. The molecule has 1 aromatic carbocycles. The molecule has 0 radical (unpaired) electrons. The van der Waals surface area contributed by atoms with Crippen LogP contribution in [0.15, 0.2) is 29.6 Å². The van der Waals surface area contributed by atoms with Crippen LogP contribution in [0.5, 0.6) is 5.75 Å². The van der Waals surface area contributed by atoms with E-state index < -0.39 is 5.92 Å². The van der Waals surface area contributed by atoms with Crippen LogP contribution in [0.2, 0.25) is 0 Å². The second-order valence-electron chi connectivity index (χ2n) is 5.71. The second kappa shape index (κ2) is 7.56.